The molecule has 2 rings (SSSR count). The largest absolute Gasteiger partial charge is 0.460 e. The first-order valence-electron chi connectivity index (χ1n) is 8.59. The monoisotopic (exact) mass is 366 g/mol. The van der Waals surface area contributed by atoms with Gasteiger partial charge in [0, 0.05) is 23.5 Å². The van der Waals surface area contributed by atoms with Crippen LogP contribution in [-0.2, 0) is 15.5 Å². The molecule has 0 unspecified atom stereocenters. The molecule has 0 amide bonds. The highest BCUT2D eigenvalue weighted by molar-refractivity contribution is 7.85. The zero-order chi connectivity index (χ0) is 18.8. The molecule has 0 saturated heterocycles. The van der Waals surface area contributed by atoms with E-state index in [-0.39, 0.29) is 11.2 Å². The minimum atomic E-state index is -3.92. The lowest BCUT2D eigenvalue weighted by Crippen LogP contribution is -2.31. The SMILES string of the molecule is CC[N+](CCCS(=O)(=O)O)=c1ccc2c(C)cc(C(C)(C)C)oc-2c1. The summed E-state index contributed by atoms with van der Waals surface area (Å²) < 4.78 is 38.9. The van der Waals surface area contributed by atoms with Crippen LogP contribution in [0.25, 0.3) is 11.3 Å². The number of rotatable bonds is 5. The van der Waals surface area contributed by atoms with Crippen LogP contribution in [-0.4, -0.2) is 31.8 Å². The van der Waals surface area contributed by atoms with Gasteiger partial charge in [0.05, 0.1) is 11.8 Å². The number of benzene rings is 1. The zero-order valence-electron chi connectivity index (χ0n) is 15.7. The lowest BCUT2D eigenvalue weighted by atomic mass is 9.91. The average Bonchev–Trinajstić information content (AvgIpc) is 2.49. The van der Waals surface area contributed by atoms with Crippen molar-refractivity contribution in [2.45, 2.75) is 46.5 Å². The highest BCUT2D eigenvalue weighted by Crippen LogP contribution is 2.31. The fourth-order valence-corrected chi connectivity index (χ4v) is 3.31. The summed E-state index contributed by atoms with van der Waals surface area (Å²) in [6, 6.07) is 8.17. The highest BCUT2D eigenvalue weighted by atomic mass is 32.2. The second kappa shape index (κ2) is 7.30. The second-order valence-corrected chi connectivity index (χ2v) is 9.02. The number of hydrogen-bond donors (Lipinski definition) is 1. The van der Waals surface area contributed by atoms with Gasteiger partial charge in [-0.15, -0.1) is 0 Å². The van der Waals surface area contributed by atoms with E-state index in [0.717, 1.165) is 29.0 Å². The third-order valence-corrected chi connectivity index (χ3v) is 5.08. The maximum atomic E-state index is 10.9. The van der Waals surface area contributed by atoms with Crippen LogP contribution < -0.4 is 9.93 Å². The van der Waals surface area contributed by atoms with Crippen LogP contribution in [0.4, 0.5) is 0 Å². The first-order chi connectivity index (χ1) is 11.5. The Hall–Kier alpha value is -1.66. The molecule has 5 nitrogen and oxygen atoms in total. The van der Waals surface area contributed by atoms with Crippen molar-refractivity contribution in [3.8, 4) is 11.3 Å². The molecule has 0 radical (unpaired) electrons. The molecule has 1 aliphatic carbocycles. The summed E-state index contributed by atoms with van der Waals surface area (Å²) in [5.41, 5.74) is 2.17. The van der Waals surface area contributed by atoms with Crippen LogP contribution >= 0.6 is 0 Å². The molecule has 0 bridgehead atoms. The molecule has 25 heavy (non-hydrogen) atoms. The molecule has 0 atom stereocenters. The molecule has 0 aromatic carbocycles. The molecule has 2 aliphatic rings. The van der Waals surface area contributed by atoms with Crippen LogP contribution in [0.15, 0.2) is 28.7 Å². The molecular weight excluding hydrogens is 338 g/mol. The lowest BCUT2D eigenvalue weighted by molar-refractivity contribution is 0.403. The van der Waals surface area contributed by atoms with Crippen LogP contribution in [0.5, 0.6) is 0 Å². The average molecular weight is 367 g/mol. The van der Waals surface area contributed by atoms with E-state index in [4.69, 9.17) is 8.97 Å². The third kappa shape index (κ3) is 5.16. The fraction of sp³-hybridized carbons (Fsp3) is 0.526. The summed E-state index contributed by atoms with van der Waals surface area (Å²) in [6.07, 6.45) is 0.378. The van der Waals surface area contributed by atoms with E-state index in [9.17, 15) is 8.42 Å². The van der Waals surface area contributed by atoms with Crippen molar-refractivity contribution in [1.82, 2.24) is 4.58 Å². The van der Waals surface area contributed by atoms with E-state index in [0.29, 0.717) is 13.0 Å². The van der Waals surface area contributed by atoms with Crippen molar-refractivity contribution >= 4 is 10.1 Å². The van der Waals surface area contributed by atoms with Gasteiger partial charge < -0.3 is 4.42 Å². The van der Waals surface area contributed by atoms with Crippen LogP contribution in [0.1, 0.15) is 45.4 Å². The summed E-state index contributed by atoms with van der Waals surface area (Å²) in [5.74, 6) is 1.54. The Morgan fingerprint density at radius 3 is 2.44 bits per heavy atom. The van der Waals surface area contributed by atoms with Crippen LogP contribution in [0, 0.1) is 6.92 Å². The van der Waals surface area contributed by atoms with Crippen LogP contribution in [0.3, 0.4) is 0 Å². The van der Waals surface area contributed by atoms with Gasteiger partial charge in [-0.05, 0) is 31.5 Å². The summed E-state index contributed by atoms with van der Waals surface area (Å²) in [7, 11) is -3.92. The van der Waals surface area contributed by atoms with Crippen molar-refractivity contribution in [2.75, 3.05) is 18.8 Å². The Morgan fingerprint density at radius 1 is 1.20 bits per heavy atom. The first kappa shape index (κ1) is 19.7. The van der Waals surface area contributed by atoms with E-state index in [2.05, 4.69) is 38.3 Å². The summed E-state index contributed by atoms with van der Waals surface area (Å²) in [4.78, 5) is 0. The summed E-state index contributed by atoms with van der Waals surface area (Å²) in [6.45, 7) is 11.8. The maximum absolute atomic E-state index is 10.9. The third-order valence-electron chi connectivity index (χ3n) is 4.27. The van der Waals surface area contributed by atoms with Gasteiger partial charge in [0.1, 0.15) is 24.6 Å². The number of aryl methyl sites for hydroxylation is 1. The normalized spacial score (nSPS) is 14.0. The topological polar surface area (TPSA) is 70.5 Å². The van der Waals surface area contributed by atoms with Crippen molar-refractivity contribution in [2.24, 2.45) is 0 Å². The smallest absolute Gasteiger partial charge is 0.265 e. The van der Waals surface area contributed by atoms with Gasteiger partial charge in [0.2, 0.25) is 5.36 Å². The van der Waals surface area contributed by atoms with E-state index >= 15 is 0 Å². The number of fused-ring (bicyclic) bond motifs is 1. The van der Waals surface area contributed by atoms with Gasteiger partial charge in [0.15, 0.2) is 0 Å². The Morgan fingerprint density at radius 2 is 1.88 bits per heavy atom. The number of hydrogen-bond acceptors (Lipinski definition) is 3. The van der Waals surface area contributed by atoms with Crippen molar-refractivity contribution in [3.63, 3.8) is 0 Å². The first-order valence-corrected chi connectivity index (χ1v) is 10.2. The Bertz CT molecular complexity index is 888. The highest BCUT2D eigenvalue weighted by Gasteiger charge is 2.21. The fourth-order valence-electron chi connectivity index (χ4n) is 2.82. The summed E-state index contributed by atoms with van der Waals surface area (Å²) >= 11 is 0. The maximum Gasteiger partial charge on any atom is 0.265 e. The molecule has 1 heterocycles. The van der Waals surface area contributed by atoms with Crippen molar-refractivity contribution < 1.29 is 17.4 Å². The van der Waals surface area contributed by atoms with Gasteiger partial charge in [-0.25, -0.2) is 4.58 Å². The molecule has 0 fully saturated rings. The minimum Gasteiger partial charge on any atom is -0.460 e. The quantitative estimate of drug-likeness (QED) is 0.652. The molecule has 138 valence electrons. The molecule has 0 saturated carbocycles. The van der Waals surface area contributed by atoms with Crippen molar-refractivity contribution in [3.05, 3.63) is 40.9 Å². The molecular formula is C19H28NO4S+. The molecule has 1 aliphatic heterocycles. The van der Waals surface area contributed by atoms with E-state index in [1.807, 2.05) is 25.1 Å². The lowest BCUT2D eigenvalue weighted by Gasteiger charge is -2.20. The Labute approximate surface area is 150 Å². The van der Waals surface area contributed by atoms with Gasteiger partial charge in [-0.1, -0.05) is 20.8 Å². The minimum absolute atomic E-state index is 0.0745. The molecule has 0 aromatic rings. The summed E-state index contributed by atoms with van der Waals surface area (Å²) in [5, 5.41) is 0.986. The van der Waals surface area contributed by atoms with E-state index < -0.39 is 10.1 Å². The van der Waals surface area contributed by atoms with Crippen molar-refractivity contribution in [1.29, 1.82) is 0 Å². The van der Waals surface area contributed by atoms with Crippen LogP contribution in [0.2, 0.25) is 0 Å². The van der Waals surface area contributed by atoms with E-state index in [1.54, 1.807) is 0 Å². The molecule has 1 N–H and O–H groups in total. The van der Waals surface area contributed by atoms with Gasteiger partial charge in [-0.2, -0.15) is 8.42 Å². The predicted molar refractivity (Wildman–Crippen MR) is 100 cm³/mol. The van der Waals surface area contributed by atoms with Gasteiger partial charge in [0.25, 0.3) is 10.1 Å². The molecule has 0 spiro atoms. The van der Waals surface area contributed by atoms with Gasteiger partial charge >= 0.3 is 0 Å². The zero-order valence-corrected chi connectivity index (χ0v) is 16.5. The standard InChI is InChI=1S/C19H27NO4S/c1-6-20(10-7-11-25(21,22)23)15-8-9-16-14(2)12-18(19(3,4)5)24-17(16)13-15/h8-9,12-13H,6-7,10-11H2,1-5H3/p+1. The molecule has 0 aromatic heterocycles. The Balaban J connectivity index is 2.48. The second-order valence-electron chi connectivity index (χ2n) is 7.44. The number of nitrogens with zero attached hydrogens (tertiary/aromatic N) is 1. The predicted octanol–water partition coefficient (Wildman–Crippen LogP) is 3.06. The molecule has 6 heteroatoms. The Kier molecular flexibility index (Phi) is 5.74. The van der Waals surface area contributed by atoms with Gasteiger partial charge in [-0.3, -0.25) is 4.55 Å². The van der Waals surface area contributed by atoms with E-state index in [1.165, 1.54) is 5.56 Å².